The van der Waals surface area contributed by atoms with E-state index in [0.29, 0.717) is 18.5 Å². The van der Waals surface area contributed by atoms with E-state index in [-0.39, 0.29) is 12.6 Å². The molecule has 4 aromatic rings. The first-order valence-corrected chi connectivity index (χ1v) is 12.3. The number of aliphatic hydroxyl groups excluding tert-OH is 1. The van der Waals surface area contributed by atoms with Gasteiger partial charge in [0.1, 0.15) is 5.82 Å². The van der Waals surface area contributed by atoms with Crippen molar-refractivity contribution in [1.29, 1.82) is 0 Å². The molecule has 1 saturated heterocycles. The van der Waals surface area contributed by atoms with E-state index in [1.54, 1.807) is 17.5 Å². The Morgan fingerprint density at radius 3 is 2.76 bits per heavy atom. The summed E-state index contributed by atoms with van der Waals surface area (Å²) in [6.07, 6.45) is 1.76. The van der Waals surface area contributed by atoms with E-state index in [2.05, 4.69) is 60.5 Å². The molecule has 178 valence electrons. The first kappa shape index (κ1) is 22.5. The van der Waals surface area contributed by atoms with Crippen LogP contribution < -0.4 is 15.5 Å². The number of nitrogens with one attached hydrogen (secondary N) is 2. The zero-order chi connectivity index (χ0) is 23.5. The normalized spacial score (nSPS) is 14.8. The molecule has 0 spiro atoms. The zero-order valence-corrected chi connectivity index (χ0v) is 20.0. The van der Waals surface area contributed by atoms with E-state index in [0.717, 1.165) is 59.2 Å². The summed E-state index contributed by atoms with van der Waals surface area (Å²) in [5.74, 6) is 1.15. The van der Waals surface area contributed by atoms with Crippen molar-refractivity contribution in [2.24, 2.45) is 0 Å². The lowest BCUT2D eigenvalue weighted by molar-refractivity contribution is 0.187. The van der Waals surface area contributed by atoms with Crippen LogP contribution in [0.5, 0.6) is 0 Å². The molecule has 3 aromatic heterocycles. The van der Waals surface area contributed by atoms with E-state index >= 15 is 0 Å². The number of piperazine rings is 1. The number of nitrogens with zero attached hydrogens (tertiary/aromatic N) is 6. The molecule has 3 N–H and O–H groups in total. The number of rotatable bonds is 8. The smallest absolute Gasteiger partial charge is 0.318 e. The van der Waals surface area contributed by atoms with Crippen molar-refractivity contribution in [2.45, 2.75) is 19.9 Å². The maximum atomic E-state index is 9.14. The van der Waals surface area contributed by atoms with Crippen LogP contribution in [0.2, 0.25) is 0 Å². The second-order valence-corrected chi connectivity index (χ2v) is 9.40. The van der Waals surface area contributed by atoms with Gasteiger partial charge in [0.15, 0.2) is 0 Å². The van der Waals surface area contributed by atoms with Crippen LogP contribution in [-0.2, 0) is 0 Å². The molecule has 34 heavy (non-hydrogen) atoms. The minimum absolute atomic E-state index is 0.175. The highest BCUT2D eigenvalue weighted by atomic mass is 32.1. The molecule has 0 radical (unpaired) electrons. The first-order chi connectivity index (χ1) is 16.6. The molecule has 10 nitrogen and oxygen atoms in total. The monoisotopic (exact) mass is 480 g/mol. The lowest BCUT2D eigenvalue weighted by Gasteiger charge is -2.33. The average Bonchev–Trinajstić information content (AvgIpc) is 3.49. The number of aromatic nitrogens is 4. The highest BCUT2D eigenvalue weighted by Crippen LogP contribution is 2.32. The Labute approximate surface area is 201 Å². The fraction of sp³-hybridized carbons (Fsp3) is 0.391. The largest absolute Gasteiger partial charge is 0.403 e. The molecule has 0 atom stereocenters. The van der Waals surface area contributed by atoms with Crippen LogP contribution in [0, 0.1) is 0 Å². The second kappa shape index (κ2) is 9.92. The molecule has 0 saturated carbocycles. The minimum Gasteiger partial charge on any atom is -0.403 e. The highest BCUT2D eigenvalue weighted by Gasteiger charge is 2.22. The van der Waals surface area contributed by atoms with Crippen molar-refractivity contribution in [3.63, 3.8) is 0 Å². The van der Waals surface area contributed by atoms with Crippen molar-refractivity contribution in [2.75, 3.05) is 54.9 Å². The van der Waals surface area contributed by atoms with Crippen LogP contribution in [0.4, 0.5) is 23.2 Å². The van der Waals surface area contributed by atoms with Crippen molar-refractivity contribution >= 4 is 44.8 Å². The molecular weight excluding hydrogens is 452 g/mol. The van der Waals surface area contributed by atoms with Gasteiger partial charge in [0.25, 0.3) is 5.89 Å². The van der Waals surface area contributed by atoms with E-state index in [9.17, 15) is 0 Å². The Bertz CT molecular complexity index is 1250. The van der Waals surface area contributed by atoms with Gasteiger partial charge in [-0.25, -0.2) is 9.97 Å². The number of anilines is 4. The van der Waals surface area contributed by atoms with Gasteiger partial charge in [-0.15, -0.1) is 16.4 Å². The van der Waals surface area contributed by atoms with Gasteiger partial charge in [-0.1, -0.05) is 5.10 Å². The molecule has 4 heterocycles. The van der Waals surface area contributed by atoms with Crippen molar-refractivity contribution in [3.05, 3.63) is 36.0 Å². The van der Waals surface area contributed by atoms with Crippen LogP contribution in [0.15, 0.2) is 40.4 Å². The van der Waals surface area contributed by atoms with Crippen LogP contribution >= 0.6 is 11.3 Å². The highest BCUT2D eigenvalue weighted by molar-refractivity contribution is 7.16. The van der Waals surface area contributed by atoms with Crippen LogP contribution in [0.1, 0.15) is 13.8 Å². The third-order valence-electron chi connectivity index (χ3n) is 5.66. The Morgan fingerprint density at radius 1 is 1.12 bits per heavy atom. The van der Waals surface area contributed by atoms with E-state index < -0.39 is 0 Å². The van der Waals surface area contributed by atoms with Crippen LogP contribution in [-0.4, -0.2) is 75.5 Å². The maximum absolute atomic E-state index is 9.14. The number of benzene rings is 1. The third-order valence-corrected chi connectivity index (χ3v) is 6.45. The predicted octanol–water partition coefficient (Wildman–Crippen LogP) is 3.42. The van der Waals surface area contributed by atoms with Gasteiger partial charge in [-0.05, 0) is 32.0 Å². The lowest BCUT2D eigenvalue weighted by atomic mass is 10.2. The van der Waals surface area contributed by atoms with Gasteiger partial charge in [0, 0.05) is 56.7 Å². The van der Waals surface area contributed by atoms with Crippen molar-refractivity contribution in [3.8, 4) is 11.5 Å². The standard InChI is InChI=1S/C23H28N8O2S/c1-15(2)26-19-12-21(27-16-3-4-18-20(11-16)34-14-25-18)24-13-17(19)22-28-29-23(33-22)31-7-5-30(6-8-31)9-10-32/h3-4,11-15,32H,5-10H2,1-2H3,(H2,24,26,27). The number of aliphatic hydroxyl groups is 1. The predicted molar refractivity (Wildman–Crippen MR) is 135 cm³/mol. The van der Waals surface area contributed by atoms with Crippen molar-refractivity contribution < 1.29 is 9.52 Å². The fourth-order valence-corrected chi connectivity index (χ4v) is 4.68. The number of hydrogen-bond acceptors (Lipinski definition) is 11. The summed E-state index contributed by atoms with van der Waals surface area (Å²) >= 11 is 1.61. The summed E-state index contributed by atoms with van der Waals surface area (Å²) in [5.41, 5.74) is 5.42. The topological polar surface area (TPSA) is 115 Å². The molecule has 1 aromatic carbocycles. The Balaban J connectivity index is 1.36. The fourth-order valence-electron chi connectivity index (χ4n) is 3.96. The summed E-state index contributed by atoms with van der Waals surface area (Å²) in [5, 5.41) is 24.6. The maximum Gasteiger partial charge on any atom is 0.318 e. The SMILES string of the molecule is CC(C)Nc1cc(Nc2ccc3ncsc3c2)ncc1-c1nnc(N2CCN(CCO)CC2)o1. The number of hydrogen-bond donors (Lipinski definition) is 3. The molecule has 1 aliphatic heterocycles. The molecule has 11 heteroatoms. The Kier molecular flexibility index (Phi) is 6.57. The molecule has 0 bridgehead atoms. The summed E-state index contributed by atoms with van der Waals surface area (Å²) < 4.78 is 7.18. The summed E-state index contributed by atoms with van der Waals surface area (Å²) in [7, 11) is 0. The summed E-state index contributed by atoms with van der Waals surface area (Å²) in [6.45, 7) is 8.31. The summed E-state index contributed by atoms with van der Waals surface area (Å²) in [4.78, 5) is 13.2. The van der Waals surface area contributed by atoms with Crippen molar-refractivity contribution in [1.82, 2.24) is 25.1 Å². The molecule has 0 unspecified atom stereocenters. The van der Waals surface area contributed by atoms with E-state index in [1.165, 1.54) is 0 Å². The van der Waals surface area contributed by atoms with Gasteiger partial charge >= 0.3 is 6.01 Å². The average molecular weight is 481 g/mol. The van der Waals surface area contributed by atoms with Gasteiger partial charge in [-0.2, -0.15) is 0 Å². The number of β-amino-alcohol motifs (C(OH)–C–C–N with tert-alkyl or cyclic N) is 1. The molecule has 0 aliphatic carbocycles. The Hall–Kier alpha value is -3.28. The van der Waals surface area contributed by atoms with E-state index in [4.69, 9.17) is 9.52 Å². The molecule has 5 rings (SSSR count). The zero-order valence-electron chi connectivity index (χ0n) is 19.2. The number of fused-ring (bicyclic) bond motifs is 1. The van der Waals surface area contributed by atoms with Gasteiger partial charge in [0.05, 0.1) is 33.6 Å². The second-order valence-electron chi connectivity index (χ2n) is 8.52. The summed E-state index contributed by atoms with van der Waals surface area (Å²) in [6, 6.07) is 8.75. The first-order valence-electron chi connectivity index (χ1n) is 11.4. The van der Waals surface area contributed by atoms with Crippen LogP contribution in [0.3, 0.4) is 0 Å². The Morgan fingerprint density at radius 2 is 1.97 bits per heavy atom. The molecule has 1 aliphatic rings. The quantitative estimate of drug-likeness (QED) is 0.346. The third kappa shape index (κ3) is 4.96. The minimum atomic E-state index is 0.175. The van der Waals surface area contributed by atoms with Gasteiger partial charge < -0.3 is 25.1 Å². The van der Waals surface area contributed by atoms with Gasteiger partial charge in [-0.3, -0.25) is 4.90 Å². The van der Waals surface area contributed by atoms with Gasteiger partial charge in [0.2, 0.25) is 0 Å². The molecule has 1 fully saturated rings. The van der Waals surface area contributed by atoms with Crippen LogP contribution in [0.25, 0.3) is 21.7 Å². The number of thiazole rings is 1. The van der Waals surface area contributed by atoms with E-state index in [1.807, 2.05) is 23.7 Å². The molecule has 0 amide bonds. The number of pyridine rings is 1. The lowest BCUT2D eigenvalue weighted by Crippen LogP contribution is -2.47. The molecular formula is C23H28N8O2S.